The van der Waals surface area contributed by atoms with Crippen molar-refractivity contribution in [3.63, 3.8) is 0 Å². The maximum atomic E-state index is 13.2. The van der Waals surface area contributed by atoms with E-state index in [1.54, 1.807) is 31.3 Å². The molecule has 1 amide bonds. The first-order valence-electron chi connectivity index (χ1n) is 8.62. The van der Waals surface area contributed by atoms with Crippen LogP contribution in [0.4, 0.5) is 5.13 Å². The van der Waals surface area contributed by atoms with Crippen molar-refractivity contribution in [2.24, 2.45) is 0 Å². The van der Waals surface area contributed by atoms with Crippen LogP contribution in [0.2, 0.25) is 0 Å². The number of fused-ring (bicyclic) bond motifs is 2. The zero-order valence-corrected chi connectivity index (χ0v) is 16.0. The molecule has 0 saturated carbocycles. The Balaban J connectivity index is 1.86. The molecule has 136 valence electrons. The van der Waals surface area contributed by atoms with Gasteiger partial charge in [0.1, 0.15) is 0 Å². The van der Waals surface area contributed by atoms with E-state index in [2.05, 4.69) is 10.1 Å². The fourth-order valence-electron chi connectivity index (χ4n) is 2.96. The predicted molar refractivity (Wildman–Crippen MR) is 109 cm³/mol. The van der Waals surface area contributed by atoms with Gasteiger partial charge in [0.2, 0.25) is 0 Å². The number of nitrogens with zero attached hydrogens (tertiary/aromatic N) is 4. The molecular formula is C20H18N4O2S. The minimum Gasteiger partial charge on any atom is -0.286 e. The van der Waals surface area contributed by atoms with Crippen LogP contribution in [0.25, 0.3) is 21.0 Å². The SMILES string of the molecule is CC(C)n1nc(C(=O)N(C)c2nc3ccccc3s2)c2ccccc2c1=O. The molecule has 0 radical (unpaired) electrons. The highest BCUT2D eigenvalue weighted by Gasteiger charge is 2.23. The van der Waals surface area contributed by atoms with E-state index in [0.29, 0.717) is 15.9 Å². The third kappa shape index (κ3) is 2.90. The minimum atomic E-state index is -0.292. The van der Waals surface area contributed by atoms with Crippen molar-refractivity contribution in [1.82, 2.24) is 14.8 Å². The van der Waals surface area contributed by atoms with Gasteiger partial charge in [-0.1, -0.05) is 41.7 Å². The molecule has 0 spiro atoms. The van der Waals surface area contributed by atoms with Gasteiger partial charge in [0.25, 0.3) is 11.5 Å². The van der Waals surface area contributed by atoms with Crippen LogP contribution in [-0.2, 0) is 0 Å². The fourth-order valence-corrected chi connectivity index (χ4v) is 3.89. The highest BCUT2D eigenvalue weighted by atomic mass is 32.1. The number of carbonyl (C=O) groups excluding carboxylic acids is 1. The third-order valence-electron chi connectivity index (χ3n) is 4.39. The van der Waals surface area contributed by atoms with E-state index in [0.717, 1.165) is 10.2 Å². The first-order chi connectivity index (χ1) is 13.0. The van der Waals surface area contributed by atoms with E-state index in [1.807, 2.05) is 38.1 Å². The molecule has 0 N–H and O–H groups in total. The Hall–Kier alpha value is -3.06. The van der Waals surface area contributed by atoms with Gasteiger partial charge < -0.3 is 0 Å². The predicted octanol–water partition coefficient (Wildman–Crippen LogP) is 3.86. The fraction of sp³-hybridized carbons (Fsp3) is 0.200. The zero-order chi connectivity index (χ0) is 19.1. The Morgan fingerprint density at radius 3 is 2.44 bits per heavy atom. The van der Waals surface area contributed by atoms with Crippen molar-refractivity contribution in [2.75, 3.05) is 11.9 Å². The largest absolute Gasteiger partial charge is 0.286 e. The number of carbonyl (C=O) groups is 1. The molecule has 0 unspecified atom stereocenters. The molecule has 0 atom stereocenters. The first-order valence-corrected chi connectivity index (χ1v) is 9.44. The summed E-state index contributed by atoms with van der Waals surface area (Å²) < 4.78 is 2.37. The van der Waals surface area contributed by atoms with Gasteiger partial charge in [-0.15, -0.1) is 0 Å². The van der Waals surface area contributed by atoms with E-state index < -0.39 is 0 Å². The Bertz CT molecular complexity index is 1190. The third-order valence-corrected chi connectivity index (χ3v) is 5.51. The highest BCUT2D eigenvalue weighted by Crippen LogP contribution is 2.29. The van der Waals surface area contributed by atoms with Gasteiger partial charge >= 0.3 is 0 Å². The molecule has 7 heteroatoms. The zero-order valence-electron chi connectivity index (χ0n) is 15.2. The molecule has 4 aromatic rings. The maximum Gasteiger partial charge on any atom is 0.280 e. The Morgan fingerprint density at radius 2 is 1.74 bits per heavy atom. The van der Waals surface area contributed by atoms with E-state index in [1.165, 1.54) is 20.9 Å². The topological polar surface area (TPSA) is 68.1 Å². The molecule has 0 aliphatic carbocycles. The lowest BCUT2D eigenvalue weighted by Crippen LogP contribution is -2.32. The van der Waals surface area contributed by atoms with Gasteiger partial charge in [0.05, 0.1) is 21.6 Å². The van der Waals surface area contributed by atoms with E-state index in [9.17, 15) is 9.59 Å². The van der Waals surface area contributed by atoms with E-state index >= 15 is 0 Å². The molecule has 2 aromatic heterocycles. The van der Waals surface area contributed by atoms with Crippen molar-refractivity contribution >= 4 is 43.4 Å². The number of para-hydroxylation sites is 1. The van der Waals surface area contributed by atoms with Gasteiger partial charge in [-0.3, -0.25) is 14.5 Å². The number of thiazole rings is 1. The molecule has 0 saturated heterocycles. The Kier molecular flexibility index (Phi) is 4.24. The molecule has 6 nitrogen and oxygen atoms in total. The quantitative estimate of drug-likeness (QED) is 0.543. The molecule has 0 fully saturated rings. The summed E-state index contributed by atoms with van der Waals surface area (Å²) in [5, 5.41) is 6.02. The number of aromatic nitrogens is 3. The lowest BCUT2D eigenvalue weighted by molar-refractivity contribution is 0.0987. The molecule has 2 aromatic carbocycles. The number of anilines is 1. The summed E-state index contributed by atoms with van der Waals surface area (Å²) in [7, 11) is 1.68. The summed E-state index contributed by atoms with van der Waals surface area (Å²) in [6.45, 7) is 3.74. The normalized spacial score (nSPS) is 11.4. The van der Waals surface area contributed by atoms with Crippen LogP contribution >= 0.6 is 11.3 Å². The van der Waals surface area contributed by atoms with Crippen molar-refractivity contribution in [3.8, 4) is 0 Å². The monoisotopic (exact) mass is 378 g/mol. The highest BCUT2D eigenvalue weighted by molar-refractivity contribution is 7.22. The second kappa shape index (κ2) is 6.59. The lowest BCUT2D eigenvalue weighted by Gasteiger charge is -2.17. The van der Waals surface area contributed by atoms with Crippen molar-refractivity contribution < 1.29 is 4.79 Å². The van der Waals surface area contributed by atoms with Crippen LogP contribution in [-0.4, -0.2) is 27.7 Å². The number of amides is 1. The number of hydrogen-bond acceptors (Lipinski definition) is 5. The van der Waals surface area contributed by atoms with Crippen LogP contribution < -0.4 is 10.5 Å². The summed E-state index contributed by atoms with van der Waals surface area (Å²) in [5.41, 5.74) is 0.905. The summed E-state index contributed by atoms with van der Waals surface area (Å²) in [6, 6.07) is 14.7. The molecule has 27 heavy (non-hydrogen) atoms. The lowest BCUT2D eigenvalue weighted by atomic mass is 10.1. The van der Waals surface area contributed by atoms with Gasteiger partial charge in [0, 0.05) is 12.4 Å². The van der Waals surface area contributed by atoms with Crippen LogP contribution in [0.5, 0.6) is 0 Å². The van der Waals surface area contributed by atoms with Crippen LogP contribution in [0.1, 0.15) is 30.4 Å². The molecule has 4 rings (SSSR count). The molecule has 2 heterocycles. The summed E-state index contributed by atoms with van der Waals surface area (Å²) in [6.07, 6.45) is 0. The number of hydrogen-bond donors (Lipinski definition) is 0. The molecule has 0 aliphatic rings. The molecular weight excluding hydrogens is 360 g/mol. The summed E-state index contributed by atoms with van der Waals surface area (Å²) in [4.78, 5) is 31.9. The van der Waals surface area contributed by atoms with Crippen molar-refractivity contribution in [1.29, 1.82) is 0 Å². The maximum absolute atomic E-state index is 13.2. The van der Waals surface area contributed by atoms with E-state index in [4.69, 9.17) is 0 Å². The molecule has 0 aliphatic heterocycles. The van der Waals surface area contributed by atoms with Gasteiger partial charge in [-0.2, -0.15) is 5.10 Å². The minimum absolute atomic E-state index is 0.151. The second-order valence-electron chi connectivity index (χ2n) is 6.57. The molecule has 0 bridgehead atoms. The second-order valence-corrected chi connectivity index (χ2v) is 7.58. The Labute approximate surface area is 159 Å². The van der Waals surface area contributed by atoms with Crippen LogP contribution in [0, 0.1) is 0 Å². The Morgan fingerprint density at radius 1 is 1.07 bits per heavy atom. The average Bonchev–Trinajstić information content (AvgIpc) is 3.11. The number of benzene rings is 2. The standard InChI is InChI=1S/C20H18N4O2S/c1-12(2)24-18(25)14-9-5-4-8-13(14)17(22-24)19(26)23(3)20-21-15-10-6-7-11-16(15)27-20/h4-12H,1-3H3. The summed E-state index contributed by atoms with van der Waals surface area (Å²) in [5.74, 6) is -0.292. The van der Waals surface area contributed by atoms with Gasteiger partial charge in [-0.05, 0) is 32.0 Å². The summed E-state index contributed by atoms with van der Waals surface area (Å²) >= 11 is 1.45. The van der Waals surface area contributed by atoms with Crippen LogP contribution in [0.15, 0.2) is 53.3 Å². The van der Waals surface area contributed by atoms with Crippen LogP contribution in [0.3, 0.4) is 0 Å². The smallest absolute Gasteiger partial charge is 0.280 e. The number of rotatable bonds is 3. The van der Waals surface area contributed by atoms with E-state index in [-0.39, 0.29) is 23.2 Å². The first kappa shape index (κ1) is 17.4. The van der Waals surface area contributed by atoms with Gasteiger partial charge in [-0.25, -0.2) is 9.67 Å². The van der Waals surface area contributed by atoms with Crippen molar-refractivity contribution in [2.45, 2.75) is 19.9 Å². The average molecular weight is 378 g/mol. The van der Waals surface area contributed by atoms with Gasteiger partial charge in [0.15, 0.2) is 10.8 Å². The van der Waals surface area contributed by atoms with Crippen molar-refractivity contribution in [3.05, 3.63) is 64.6 Å².